The molecule has 0 spiro atoms. The van der Waals surface area contributed by atoms with E-state index in [1.165, 1.54) is 0 Å². The van der Waals surface area contributed by atoms with Gasteiger partial charge < -0.3 is 20.7 Å². The highest BCUT2D eigenvalue weighted by molar-refractivity contribution is 5.90. The van der Waals surface area contributed by atoms with E-state index in [4.69, 9.17) is 15.7 Å². The number of nitrogen functional groups attached to an aromatic ring is 1. The van der Waals surface area contributed by atoms with Crippen molar-refractivity contribution in [1.29, 1.82) is 5.26 Å². The van der Waals surface area contributed by atoms with Crippen LogP contribution in [0.5, 0.6) is 0 Å². The molecule has 7 nitrogen and oxygen atoms in total. The van der Waals surface area contributed by atoms with Gasteiger partial charge in [-0.05, 0) is 37.1 Å². The van der Waals surface area contributed by atoms with Gasteiger partial charge in [0.2, 0.25) is 5.91 Å². The Morgan fingerprint density at radius 2 is 1.96 bits per heavy atom. The van der Waals surface area contributed by atoms with E-state index < -0.39 is 12.0 Å². The summed E-state index contributed by atoms with van der Waals surface area (Å²) >= 11 is 0. The van der Waals surface area contributed by atoms with Crippen LogP contribution >= 0.6 is 24.8 Å². The predicted octanol–water partition coefficient (Wildman–Crippen LogP) is 1.51. The molecule has 3 rings (SSSR count). The van der Waals surface area contributed by atoms with Crippen molar-refractivity contribution in [1.82, 2.24) is 10.2 Å². The summed E-state index contributed by atoms with van der Waals surface area (Å²) in [5.41, 5.74) is 6.61. The molecular formula is C17H22Cl2N4O3. The molecule has 2 fully saturated rings. The molecule has 1 aromatic rings. The molecule has 2 aliphatic heterocycles. The summed E-state index contributed by atoms with van der Waals surface area (Å²) < 4.78 is 5.46. The molecule has 0 saturated carbocycles. The van der Waals surface area contributed by atoms with Gasteiger partial charge in [0.1, 0.15) is 12.1 Å². The monoisotopic (exact) mass is 400 g/mol. The maximum absolute atomic E-state index is 12.5. The van der Waals surface area contributed by atoms with Crippen molar-refractivity contribution in [3.05, 3.63) is 29.8 Å². The van der Waals surface area contributed by atoms with Crippen LogP contribution in [0.25, 0.3) is 0 Å². The van der Waals surface area contributed by atoms with Crippen molar-refractivity contribution in [3.63, 3.8) is 0 Å². The standard InChI is InChI=1S/C17H20N4O3.2ClH/c18-9-13-2-1-7-21(13)16(22)15-8-14(10-20-15)24-17(23)11-3-5-12(19)6-4-11;;/h3-6,13-15,20H,1-2,7-8,10,19H2;2*1H/t13?,14-,15-;;/m0../s1. The quantitative estimate of drug-likeness (QED) is 0.587. The highest BCUT2D eigenvalue weighted by atomic mass is 35.5. The summed E-state index contributed by atoms with van der Waals surface area (Å²) in [5.74, 6) is -0.504. The highest BCUT2D eigenvalue weighted by Crippen LogP contribution is 2.21. The molecule has 2 aliphatic rings. The molecule has 0 aromatic heterocycles. The van der Waals surface area contributed by atoms with Crippen molar-refractivity contribution in [2.45, 2.75) is 37.5 Å². The van der Waals surface area contributed by atoms with Crippen LogP contribution in [0, 0.1) is 11.3 Å². The maximum atomic E-state index is 12.5. The molecule has 2 heterocycles. The summed E-state index contributed by atoms with van der Waals surface area (Å²) in [7, 11) is 0. The van der Waals surface area contributed by atoms with Crippen molar-refractivity contribution >= 4 is 42.4 Å². The fourth-order valence-corrected chi connectivity index (χ4v) is 3.18. The molecular weight excluding hydrogens is 379 g/mol. The number of rotatable bonds is 3. The third kappa shape index (κ3) is 4.79. The number of benzene rings is 1. The molecule has 26 heavy (non-hydrogen) atoms. The fourth-order valence-electron chi connectivity index (χ4n) is 3.18. The molecule has 142 valence electrons. The van der Waals surface area contributed by atoms with Crippen molar-refractivity contribution in [2.24, 2.45) is 0 Å². The first-order valence-electron chi connectivity index (χ1n) is 8.08. The number of anilines is 1. The minimum absolute atomic E-state index is 0. The molecule has 0 radical (unpaired) electrons. The molecule has 0 aliphatic carbocycles. The Labute approximate surface area is 164 Å². The number of hydrogen-bond donors (Lipinski definition) is 2. The summed E-state index contributed by atoms with van der Waals surface area (Å²) in [6, 6.07) is 7.95. The van der Waals surface area contributed by atoms with Gasteiger partial charge in [-0.3, -0.25) is 4.79 Å². The minimum atomic E-state index is -0.425. The van der Waals surface area contributed by atoms with E-state index in [1.807, 2.05) is 0 Å². The Morgan fingerprint density at radius 3 is 2.62 bits per heavy atom. The van der Waals surface area contributed by atoms with Gasteiger partial charge >= 0.3 is 5.97 Å². The van der Waals surface area contributed by atoms with E-state index in [9.17, 15) is 9.59 Å². The van der Waals surface area contributed by atoms with Crippen LogP contribution in [-0.2, 0) is 9.53 Å². The SMILES string of the molecule is Cl.Cl.N#CC1CCCN1C(=O)[C@@H]1C[C@H](OC(=O)c2ccc(N)cc2)CN1. The summed E-state index contributed by atoms with van der Waals surface area (Å²) in [6.07, 6.45) is 1.65. The molecule has 9 heteroatoms. The Kier molecular flexibility index (Phi) is 8.15. The number of nitrogens with one attached hydrogen (secondary N) is 1. The number of carbonyl (C=O) groups is 2. The van der Waals surface area contributed by atoms with Gasteiger partial charge in [-0.2, -0.15) is 5.26 Å². The number of amides is 1. The van der Waals surface area contributed by atoms with Gasteiger partial charge in [-0.15, -0.1) is 24.8 Å². The summed E-state index contributed by atoms with van der Waals surface area (Å²) in [6.45, 7) is 1.05. The second-order valence-electron chi connectivity index (χ2n) is 6.16. The summed E-state index contributed by atoms with van der Waals surface area (Å²) in [4.78, 5) is 26.3. The van der Waals surface area contributed by atoms with Crippen LogP contribution in [0.3, 0.4) is 0 Å². The molecule has 2 saturated heterocycles. The third-order valence-electron chi connectivity index (χ3n) is 4.49. The van der Waals surface area contributed by atoms with E-state index in [0.29, 0.717) is 30.8 Å². The van der Waals surface area contributed by atoms with Gasteiger partial charge in [-0.25, -0.2) is 4.79 Å². The lowest BCUT2D eigenvalue weighted by molar-refractivity contribution is -0.133. The minimum Gasteiger partial charge on any atom is -0.457 e. The van der Waals surface area contributed by atoms with Crippen molar-refractivity contribution in [2.75, 3.05) is 18.8 Å². The average molecular weight is 401 g/mol. The Bertz CT molecular complexity index is 678. The smallest absolute Gasteiger partial charge is 0.338 e. The lowest BCUT2D eigenvalue weighted by atomic mass is 10.1. The maximum Gasteiger partial charge on any atom is 0.338 e. The average Bonchev–Trinajstić information content (AvgIpc) is 3.23. The van der Waals surface area contributed by atoms with Gasteiger partial charge in [0.05, 0.1) is 17.7 Å². The number of nitrogens with two attached hydrogens (primary N) is 1. The number of esters is 1. The van der Waals surface area contributed by atoms with Crippen LogP contribution in [0.15, 0.2) is 24.3 Å². The Hall–Kier alpha value is -2.01. The normalized spacial score (nSPS) is 24.1. The number of hydrogen-bond acceptors (Lipinski definition) is 6. The number of nitrogens with zero attached hydrogens (tertiary/aromatic N) is 2. The van der Waals surface area contributed by atoms with Crippen LogP contribution in [0.2, 0.25) is 0 Å². The zero-order valence-electron chi connectivity index (χ0n) is 14.1. The van der Waals surface area contributed by atoms with E-state index in [1.54, 1.807) is 29.2 Å². The van der Waals surface area contributed by atoms with Crippen molar-refractivity contribution in [3.8, 4) is 6.07 Å². The zero-order chi connectivity index (χ0) is 17.1. The molecule has 1 aromatic carbocycles. The number of halogens is 2. The van der Waals surface area contributed by atoms with Gasteiger partial charge in [0.15, 0.2) is 0 Å². The van der Waals surface area contributed by atoms with E-state index >= 15 is 0 Å². The van der Waals surface area contributed by atoms with E-state index in [-0.39, 0.29) is 42.9 Å². The topological polar surface area (TPSA) is 108 Å². The van der Waals surface area contributed by atoms with E-state index in [0.717, 1.165) is 12.8 Å². The first-order valence-corrected chi connectivity index (χ1v) is 8.08. The highest BCUT2D eigenvalue weighted by Gasteiger charge is 2.38. The van der Waals surface area contributed by atoms with Crippen LogP contribution in [0.1, 0.15) is 29.6 Å². The number of ether oxygens (including phenoxy) is 1. The molecule has 1 amide bonds. The summed E-state index contributed by atoms with van der Waals surface area (Å²) in [5, 5.41) is 12.2. The predicted molar refractivity (Wildman–Crippen MR) is 101 cm³/mol. The second-order valence-corrected chi connectivity index (χ2v) is 6.16. The molecule has 0 bridgehead atoms. The first kappa shape index (κ1) is 22.0. The van der Waals surface area contributed by atoms with Crippen LogP contribution in [-0.4, -0.2) is 48.1 Å². The van der Waals surface area contributed by atoms with E-state index in [2.05, 4.69) is 11.4 Å². The number of nitriles is 1. The fraction of sp³-hybridized carbons (Fsp3) is 0.471. The molecule has 3 atom stereocenters. The molecule has 3 N–H and O–H groups in total. The molecule has 1 unspecified atom stereocenters. The first-order chi connectivity index (χ1) is 11.6. The van der Waals surface area contributed by atoms with Gasteiger partial charge in [0, 0.05) is 25.2 Å². The lowest BCUT2D eigenvalue weighted by Gasteiger charge is -2.23. The number of likely N-dealkylation sites (tertiary alicyclic amines) is 1. The second kappa shape index (κ2) is 9.62. The largest absolute Gasteiger partial charge is 0.457 e. The van der Waals surface area contributed by atoms with Crippen LogP contribution in [0.4, 0.5) is 5.69 Å². The Balaban J connectivity index is 0.00000169. The van der Waals surface area contributed by atoms with Gasteiger partial charge in [-0.1, -0.05) is 0 Å². The lowest BCUT2D eigenvalue weighted by Crippen LogP contribution is -2.45. The zero-order valence-corrected chi connectivity index (χ0v) is 15.7. The third-order valence-corrected chi connectivity index (χ3v) is 4.49. The van der Waals surface area contributed by atoms with Crippen molar-refractivity contribution < 1.29 is 14.3 Å². The van der Waals surface area contributed by atoms with Gasteiger partial charge in [0.25, 0.3) is 0 Å². The number of carbonyl (C=O) groups excluding carboxylic acids is 2. The Morgan fingerprint density at radius 1 is 1.27 bits per heavy atom. The van der Waals surface area contributed by atoms with Crippen LogP contribution < -0.4 is 11.1 Å².